The first-order chi connectivity index (χ1) is 15.2. The average Bonchev–Trinajstić information content (AvgIpc) is 3.47. The highest BCUT2D eigenvalue weighted by Crippen LogP contribution is 2.20. The van der Waals surface area contributed by atoms with Crippen LogP contribution in [0.3, 0.4) is 0 Å². The van der Waals surface area contributed by atoms with E-state index in [1.54, 1.807) is 42.7 Å². The van der Waals surface area contributed by atoms with Crippen molar-refractivity contribution in [3.8, 4) is 0 Å². The molecule has 2 amide bonds. The molecule has 4 rings (SSSR count). The third-order valence-electron chi connectivity index (χ3n) is 4.88. The van der Waals surface area contributed by atoms with Crippen LogP contribution in [0.2, 0.25) is 0 Å². The van der Waals surface area contributed by atoms with Crippen LogP contribution in [-0.2, 0) is 11.2 Å². The summed E-state index contributed by atoms with van der Waals surface area (Å²) in [5, 5.41) is 6.63. The number of hydrogen-bond donors (Lipinski definition) is 4. The summed E-state index contributed by atoms with van der Waals surface area (Å²) in [6.07, 6.45) is 8.45. The molecule has 7 nitrogen and oxygen atoms in total. The number of hydrogen-bond acceptors (Lipinski definition) is 3. The highest BCUT2D eigenvalue weighted by atomic mass is 16.2. The molecule has 0 saturated carbocycles. The third-order valence-corrected chi connectivity index (χ3v) is 4.88. The van der Waals surface area contributed by atoms with Crippen molar-refractivity contribution >= 4 is 28.8 Å². The van der Waals surface area contributed by atoms with Crippen LogP contribution in [0, 0.1) is 0 Å². The molecule has 0 radical (unpaired) electrons. The first-order valence-corrected chi connectivity index (χ1v) is 10.1. The lowest BCUT2D eigenvalue weighted by Gasteiger charge is -2.11. The van der Waals surface area contributed by atoms with Crippen molar-refractivity contribution in [3.05, 3.63) is 95.8 Å². The first kappa shape index (κ1) is 20.2. The van der Waals surface area contributed by atoms with Gasteiger partial charge in [0.05, 0.1) is 0 Å². The molecule has 156 valence electrons. The average molecular weight is 413 g/mol. The molecule has 0 unspecified atom stereocenters. The molecule has 0 spiro atoms. The summed E-state index contributed by atoms with van der Waals surface area (Å²) in [6.45, 7) is 0.464. The Hall–Kier alpha value is -4.13. The van der Waals surface area contributed by atoms with Gasteiger partial charge < -0.3 is 20.6 Å². The zero-order valence-electron chi connectivity index (χ0n) is 16.9. The number of fused-ring (bicyclic) bond motifs is 1. The highest BCUT2D eigenvalue weighted by Gasteiger charge is 2.15. The van der Waals surface area contributed by atoms with Gasteiger partial charge in [0, 0.05) is 53.6 Å². The lowest BCUT2D eigenvalue weighted by molar-refractivity contribution is -0.117. The number of rotatable bonds is 8. The summed E-state index contributed by atoms with van der Waals surface area (Å²) in [6, 6.07) is 16.6. The third kappa shape index (κ3) is 5.08. The zero-order valence-corrected chi connectivity index (χ0v) is 16.9. The Labute approximate surface area is 179 Å². The normalized spacial score (nSPS) is 11.4. The fourth-order valence-corrected chi connectivity index (χ4v) is 3.30. The topological polar surface area (TPSA) is 103 Å². The Bertz CT molecular complexity index is 1190. The van der Waals surface area contributed by atoms with E-state index in [2.05, 4.69) is 25.6 Å². The van der Waals surface area contributed by atoms with Gasteiger partial charge >= 0.3 is 0 Å². The number of H-pyrrole nitrogens is 2. The van der Waals surface area contributed by atoms with Crippen molar-refractivity contribution in [2.24, 2.45) is 0 Å². The number of nitrogens with zero attached hydrogens (tertiary/aromatic N) is 1. The van der Waals surface area contributed by atoms with Gasteiger partial charge in [-0.05, 0) is 30.7 Å². The molecule has 2 heterocycles. The standard InChI is InChI=1S/C24H23N5O2/c30-23(17-7-2-1-3-8-17)29-21(15-18-16-28-20-10-5-4-9-19(18)20)24(31)27-12-6-11-22-25-13-14-26-22/h1-5,7-10,13-16,28H,6,11-12H2,(H,25,26)(H,27,31)(H,29,30)/b21-15+. The number of imidazole rings is 1. The van der Waals surface area contributed by atoms with Crippen LogP contribution >= 0.6 is 0 Å². The Morgan fingerprint density at radius 3 is 2.61 bits per heavy atom. The molecule has 4 N–H and O–H groups in total. The fraction of sp³-hybridized carbons (Fsp3) is 0.125. The number of benzene rings is 2. The van der Waals surface area contributed by atoms with Gasteiger partial charge in [-0.1, -0.05) is 36.4 Å². The molecule has 0 aliphatic heterocycles. The largest absolute Gasteiger partial charge is 0.361 e. The SMILES string of the molecule is O=C(NCCCc1ncc[nH]1)/C(=C\c1c[nH]c2ccccc12)NC(=O)c1ccccc1. The second-order valence-electron chi connectivity index (χ2n) is 7.06. The summed E-state index contributed by atoms with van der Waals surface area (Å²) in [4.78, 5) is 36.0. The van der Waals surface area contributed by atoms with Gasteiger partial charge in [0.25, 0.3) is 11.8 Å². The van der Waals surface area contributed by atoms with Crippen LogP contribution in [0.25, 0.3) is 17.0 Å². The maximum Gasteiger partial charge on any atom is 0.267 e. The van der Waals surface area contributed by atoms with E-state index in [0.29, 0.717) is 12.1 Å². The van der Waals surface area contributed by atoms with Crippen molar-refractivity contribution in [1.82, 2.24) is 25.6 Å². The van der Waals surface area contributed by atoms with Crippen LogP contribution in [0.5, 0.6) is 0 Å². The molecule has 31 heavy (non-hydrogen) atoms. The van der Waals surface area contributed by atoms with Gasteiger partial charge in [0.1, 0.15) is 11.5 Å². The molecule has 0 bridgehead atoms. The van der Waals surface area contributed by atoms with Gasteiger partial charge in [-0.25, -0.2) is 4.98 Å². The lowest BCUT2D eigenvalue weighted by Crippen LogP contribution is -2.35. The first-order valence-electron chi connectivity index (χ1n) is 10.1. The predicted molar refractivity (Wildman–Crippen MR) is 120 cm³/mol. The summed E-state index contributed by atoms with van der Waals surface area (Å²) in [7, 11) is 0. The van der Waals surface area contributed by atoms with E-state index in [4.69, 9.17) is 0 Å². The summed E-state index contributed by atoms with van der Waals surface area (Å²) in [5.41, 5.74) is 2.46. The molecule has 0 fully saturated rings. The van der Waals surface area contributed by atoms with E-state index < -0.39 is 0 Å². The number of aromatic amines is 2. The molecule has 4 aromatic rings. The number of aromatic nitrogens is 3. The van der Waals surface area contributed by atoms with Crippen LogP contribution < -0.4 is 10.6 Å². The summed E-state index contributed by atoms with van der Waals surface area (Å²) >= 11 is 0. The number of amides is 2. The van der Waals surface area contributed by atoms with E-state index in [0.717, 1.165) is 35.1 Å². The molecule has 2 aromatic carbocycles. The summed E-state index contributed by atoms with van der Waals surface area (Å²) in [5.74, 6) is 0.202. The van der Waals surface area contributed by atoms with Crippen molar-refractivity contribution in [1.29, 1.82) is 0 Å². The van der Waals surface area contributed by atoms with E-state index in [9.17, 15) is 9.59 Å². The predicted octanol–water partition coefficient (Wildman–Crippen LogP) is 3.41. The fourth-order valence-electron chi connectivity index (χ4n) is 3.30. The maximum atomic E-state index is 12.9. The zero-order chi connectivity index (χ0) is 21.5. The van der Waals surface area contributed by atoms with Crippen LogP contribution in [0.4, 0.5) is 0 Å². The molecule has 7 heteroatoms. The molecular formula is C24H23N5O2. The van der Waals surface area contributed by atoms with E-state index >= 15 is 0 Å². The molecule has 0 aliphatic rings. The Kier molecular flexibility index (Phi) is 6.23. The minimum Gasteiger partial charge on any atom is -0.361 e. The smallest absolute Gasteiger partial charge is 0.267 e. The van der Waals surface area contributed by atoms with Crippen LogP contribution in [0.15, 0.2) is 78.9 Å². The maximum absolute atomic E-state index is 12.9. The molecule has 0 saturated heterocycles. The van der Waals surface area contributed by atoms with Crippen molar-refractivity contribution < 1.29 is 9.59 Å². The van der Waals surface area contributed by atoms with Gasteiger partial charge in [0.2, 0.25) is 0 Å². The van der Waals surface area contributed by atoms with Crippen LogP contribution in [-0.4, -0.2) is 33.3 Å². The Morgan fingerprint density at radius 2 is 1.81 bits per heavy atom. The van der Waals surface area contributed by atoms with Gasteiger partial charge in [-0.2, -0.15) is 0 Å². The number of nitrogens with one attached hydrogen (secondary N) is 4. The van der Waals surface area contributed by atoms with E-state index in [1.165, 1.54) is 0 Å². The summed E-state index contributed by atoms with van der Waals surface area (Å²) < 4.78 is 0. The van der Waals surface area contributed by atoms with Gasteiger partial charge in [-0.3, -0.25) is 9.59 Å². The Balaban J connectivity index is 1.51. The van der Waals surface area contributed by atoms with Gasteiger partial charge in [0.15, 0.2) is 0 Å². The minimum atomic E-state index is -0.339. The second kappa shape index (κ2) is 9.58. The molecule has 2 aromatic heterocycles. The van der Waals surface area contributed by atoms with E-state index in [-0.39, 0.29) is 17.5 Å². The number of carbonyl (C=O) groups is 2. The van der Waals surface area contributed by atoms with Crippen molar-refractivity contribution in [2.45, 2.75) is 12.8 Å². The molecule has 0 aliphatic carbocycles. The Morgan fingerprint density at radius 1 is 1.00 bits per heavy atom. The molecular weight excluding hydrogens is 390 g/mol. The molecule has 0 atom stereocenters. The van der Waals surface area contributed by atoms with Crippen molar-refractivity contribution in [2.75, 3.05) is 6.54 Å². The highest BCUT2D eigenvalue weighted by molar-refractivity contribution is 6.06. The second-order valence-corrected chi connectivity index (χ2v) is 7.06. The monoisotopic (exact) mass is 413 g/mol. The number of carbonyl (C=O) groups excluding carboxylic acids is 2. The number of aryl methyl sites for hydroxylation is 1. The number of para-hydroxylation sites is 1. The van der Waals surface area contributed by atoms with Gasteiger partial charge in [-0.15, -0.1) is 0 Å². The van der Waals surface area contributed by atoms with E-state index in [1.807, 2.05) is 36.5 Å². The van der Waals surface area contributed by atoms with Crippen molar-refractivity contribution in [3.63, 3.8) is 0 Å². The quantitative estimate of drug-likeness (QED) is 0.263. The van der Waals surface area contributed by atoms with Crippen LogP contribution in [0.1, 0.15) is 28.2 Å². The minimum absolute atomic E-state index is 0.191. The lowest BCUT2D eigenvalue weighted by atomic mass is 10.1.